The number of pyridine rings is 2. The molecule has 2 aliphatic rings. The van der Waals surface area contributed by atoms with Crippen LogP contribution >= 0.6 is 0 Å². The minimum Gasteiger partial charge on any atom is -0.493 e. The molecule has 180 valence electrons. The fourth-order valence-corrected chi connectivity index (χ4v) is 4.63. The Morgan fingerprint density at radius 1 is 0.971 bits per heavy atom. The van der Waals surface area contributed by atoms with Gasteiger partial charge in [-0.2, -0.15) is 0 Å². The third-order valence-electron chi connectivity index (χ3n) is 6.51. The maximum absolute atomic E-state index is 13.3. The summed E-state index contributed by atoms with van der Waals surface area (Å²) in [6.07, 6.45) is 4.13. The van der Waals surface area contributed by atoms with Gasteiger partial charge in [0.2, 0.25) is 0 Å². The van der Waals surface area contributed by atoms with Crippen molar-refractivity contribution >= 4 is 34.9 Å². The van der Waals surface area contributed by atoms with Gasteiger partial charge in [0.15, 0.2) is 5.82 Å². The molecule has 0 saturated carbocycles. The van der Waals surface area contributed by atoms with Gasteiger partial charge in [-0.25, -0.2) is 14.8 Å². The number of ether oxygens (including phenoxy) is 1. The zero-order valence-corrected chi connectivity index (χ0v) is 20.4. The molecule has 2 aromatic heterocycles. The normalized spacial score (nSPS) is 15.0. The molecule has 0 bridgehead atoms. The lowest BCUT2D eigenvalue weighted by atomic mass is 10.1. The summed E-state index contributed by atoms with van der Waals surface area (Å²) >= 11 is 0. The molecule has 0 fully saturated rings. The van der Waals surface area contributed by atoms with E-state index in [1.807, 2.05) is 48.2 Å². The predicted molar refractivity (Wildman–Crippen MR) is 135 cm³/mol. The maximum Gasteiger partial charge on any atom is 0.324 e. The zero-order valence-electron chi connectivity index (χ0n) is 20.4. The second-order valence-electron chi connectivity index (χ2n) is 8.76. The Balaban J connectivity index is 1.33. The van der Waals surface area contributed by atoms with Gasteiger partial charge in [0.25, 0.3) is 5.91 Å². The average Bonchev–Trinajstić information content (AvgIpc) is 2.95. The van der Waals surface area contributed by atoms with Gasteiger partial charge in [-0.3, -0.25) is 9.69 Å². The van der Waals surface area contributed by atoms with Crippen LogP contribution in [-0.4, -0.2) is 61.1 Å². The van der Waals surface area contributed by atoms with Crippen LogP contribution < -0.4 is 19.4 Å². The number of amides is 3. The van der Waals surface area contributed by atoms with Gasteiger partial charge in [-0.05, 0) is 54.4 Å². The van der Waals surface area contributed by atoms with E-state index in [1.165, 1.54) is 0 Å². The summed E-state index contributed by atoms with van der Waals surface area (Å²) in [4.78, 5) is 41.5. The summed E-state index contributed by atoms with van der Waals surface area (Å²) in [5.41, 5.74) is 4.17. The second-order valence-corrected chi connectivity index (χ2v) is 8.76. The van der Waals surface area contributed by atoms with E-state index in [-0.39, 0.29) is 11.9 Å². The number of fused-ring (bicyclic) bond motifs is 3. The van der Waals surface area contributed by atoms with E-state index in [0.717, 1.165) is 34.1 Å². The number of benzene rings is 1. The minimum absolute atomic E-state index is 0.0254. The van der Waals surface area contributed by atoms with Crippen LogP contribution in [0, 0.1) is 0 Å². The standard InChI is InChI=1S/C26H28N6O3/c1-5-32-23-20(25(33)30(3)22-7-6-11-27-24(22)32)13-17(15-28-23)10-12-35-19-8-9-21-18(14-19)16-29(2)26(34)31(21)4/h6-9,11,13-15H,5,10,12,16H2,1-4H3. The number of urea groups is 1. The molecule has 1 aromatic carbocycles. The van der Waals surface area contributed by atoms with Gasteiger partial charge in [-0.1, -0.05) is 0 Å². The predicted octanol–water partition coefficient (Wildman–Crippen LogP) is 3.85. The molecule has 4 heterocycles. The Morgan fingerprint density at radius 3 is 2.60 bits per heavy atom. The lowest BCUT2D eigenvalue weighted by molar-refractivity contribution is 0.0994. The molecule has 0 atom stereocenters. The molecule has 3 aromatic rings. The number of rotatable bonds is 5. The zero-order chi connectivity index (χ0) is 24.7. The first kappa shape index (κ1) is 22.6. The molecule has 9 heteroatoms. The quantitative estimate of drug-likeness (QED) is 0.561. The van der Waals surface area contributed by atoms with Crippen molar-refractivity contribution in [2.45, 2.75) is 19.9 Å². The highest BCUT2D eigenvalue weighted by molar-refractivity contribution is 6.12. The van der Waals surface area contributed by atoms with Crippen molar-refractivity contribution in [1.29, 1.82) is 0 Å². The van der Waals surface area contributed by atoms with Crippen molar-refractivity contribution in [1.82, 2.24) is 14.9 Å². The highest BCUT2D eigenvalue weighted by atomic mass is 16.5. The average molecular weight is 473 g/mol. The summed E-state index contributed by atoms with van der Waals surface area (Å²) in [5, 5.41) is 0. The third-order valence-corrected chi connectivity index (χ3v) is 6.51. The van der Waals surface area contributed by atoms with Crippen molar-refractivity contribution < 1.29 is 14.3 Å². The number of hydrogen-bond acceptors (Lipinski definition) is 6. The van der Waals surface area contributed by atoms with Gasteiger partial charge in [0, 0.05) is 53.0 Å². The number of carbonyl (C=O) groups is 2. The van der Waals surface area contributed by atoms with E-state index in [9.17, 15) is 9.59 Å². The molecule has 2 aliphatic heterocycles. The van der Waals surface area contributed by atoms with Crippen LogP contribution in [0.4, 0.5) is 27.8 Å². The molecule has 0 spiro atoms. The first-order valence-corrected chi connectivity index (χ1v) is 11.6. The van der Waals surface area contributed by atoms with Crippen molar-refractivity contribution in [3.63, 3.8) is 0 Å². The lowest BCUT2D eigenvalue weighted by Gasteiger charge is -2.32. The van der Waals surface area contributed by atoms with Crippen LogP contribution in [0.5, 0.6) is 5.75 Å². The summed E-state index contributed by atoms with van der Waals surface area (Å²) in [6.45, 7) is 3.64. The smallest absolute Gasteiger partial charge is 0.324 e. The van der Waals surface area contributed by atoms with Crippen LogP contribution in [0.2, 0.25) is 0 Å². The number of aromatic nitrogens is 2. The van der Waals surface area contributed by atoms with Crippen LogP contribution in [0.25, 0.3) is 0 Å². The summed E-state index contributed by atoms with van der Waals surface area (Å²) < 4.78 is 6.02. The van der Waals surface area contributed by atoms with Crippen LogP contribution in [0.15, 0.2) is 48.8 Å². The fourth-order valence-electron chi connectivity index (χ4n) is 4.63. The van der Waals surface area contributed by atoms with Gasteiger partial charge in [0.1, 0.15) is 11.6 Å². The van der Waals surface area contributed by atoms with Crippen LogP contribution in [0.1, 0.15) is 28.4 Å². The van der Waals surface area contributed by atoms with E-state index in [4.69, 9.17) is 4.74 Å². The van der Waals surface area contributed by atoms with E-state index in [2.05, 4.69) is 9.97 Å². The van der Waals surface area contributed by atoms with Crippen molar-refractivity contribution in [3.8, 4) is 5.75 Å². The summed E-state index contributed by atoms with van der Waals surface area (Å²) in [7, 11) is 5.32. The summed E-state index contributed by atoms with van der Waals surface area (Å²) in [5.74, 6) is 1.97. The third kappa shape index (κ3) is 3.92. The number of nitrogens with zero attached hydrogens (tertiary/aromatic N) is 6. The Bertz CT molecular complexity index is 1310. The molecule has 0 aliphatic carbocycles. The molecule has 9 nitrogen and oxygen atoms in total. The van der Waals surface area contributed by atoms with Gasteiger partial charge >= 0.3 is 6.03 Å². The highest BCUT2D eigenvalue weighted by Gasteiger charge is 2.30. The van der Waals surface area contributed by atoms with Crippen molar-refractivity contribution in [2.75, 3.05) is 49.0 Å². The molecular formula is C26H28N6O3. The minimum atomic E-state index is -0.113. The number of hydrogen-bond donors (Lipinski definition) is 0. The molecule has 0 saturated heterocycles. The fraction of sp³-hybridized carbons (Fsp3) is 0.308. The first-order valence-electron chi connectivity index (χ1n) is 11.6. The van der Waals surface area contributed by atoms with E-state index >= 15 is 0 Å². The second kappa shape index (κ2) is 8.90. The topological polar surface area (TPSA) is 82.1 Å². The number of anilines is 4. The maximum atomic E-state index is 13.3. The lowest BCUT2D eigenvalue weighted by Crippen LogP contribution is -2.42. The Kier molecular flexibility index (Phi) is 5.76. The molecule has 0 N–H and O–H groups in total. The first-order chi connectivity index (χ1) is 16.9. The van der Waals surface area contributed by atoms with Gasteiger partial charge in [-0.15, -0.1) is 0 Å². The molecular weight excluding hydrogens is 444 g/mol. The van der Waals surface area contributed by atoms with Crippen molar-refractivity contribution in [3.05, 3.63) is 65.5 Å². The Morgan fingerprint density at radius 2 is 1.80 bits per heavy atom. The molecule has 5 rings (SSSR count). The molecule has 3 amide bonds. The summed E-state index contributed by atoms with van der Waals surface area (Å²) in [6, 6.07) is 11.4. The Labute approximate surface area is 204 Å². The van der Waals surface area contributed by atoms with E-state index < -0.39 is 0 Å². The largest absolute Gasteiger partial charge is 0.493 e. The van der Waals surface area contributed by atoms with Crippen LogP contribution in [0.3, 0.4) is 0 Å². The van der Waals surface area contributed by atoms with E-state index in [0.29, 0.717) is 37.5 Å². The van der Waals surface area contributed by atoms with Gasteiger partial charge < -0.3 is 19.4 Å². The molecule has 0 unspecified atom stereocenters. The van der Waals surface area contributed by atoms with Crippen LogP contribution in [-0.2, 0) is 13.0 Å². The van der Waals surface area contributed by atoms with Crippen molar-refractivity contribution in [2.24, 2.45) is 0 Å². The number of carbonyl (C=O) groups excluding carboxylic acids is 2. The van der Waals surface area contributed by atoms with Gasteiger partial charge in [0.05, 0.1) is 23.5 Å². The SMILES string of the molecule is CCN1c2ncc(CCOc3ccc4c(c3)CN(C)C(=O)N4C)cc2C(=O)N(C)c2cccnc21. The van der Waals surface area contributed by atoms with E-state index in [1.54, 1.807) is 48.2 Å². The highest BCUT2D eigenvalue weighted by Crippen LogP contribution is 2.37. The molecule has 35 heavy (non-hydrogen) atoms. The Hall–Kier alpha value is -4.14. The molecule has 0 radical (unpaired) electrons. The monoisotopic (exact) mass is 472 g/mol.